The van der Waals surface area contributed by atoms with Gasteiger partial charge in [-0.3, -0.25) is 9.59 Å². The molecule has 0 aliphatic carbocycles. The molecule has 0 aromatic heterocycles. The fourth-order valence-corrected chi connectivity index (χ4v) is 2.52. The lowest BCUT2D eigenvalue weighted by molar-refractivity contribution is -0.119. The first-order chi connectivity index (χ1) is 8.04. The highest BCUT2D eigenvalue weighted by Gasteiger charge is 2.23. The highest BCUT2D eigenvalue weighted by Crippen LogP contribution is 2.19. The number of halogens is 2. The van der Waals surface area contributed by atoms with Crippen molar-refractivity contribution >= 4 is 39.3 Å². The third-order valence-corrected chi connectivity index (χ3v) is 3.11. The summed E-state index contributed by atoms with van der Waals surface area (Å²) in [5, 5.41) is 5.93. The standard InChI is InChI=1S/C11H10BrClN2O2/c12-7-1-6(2-8(13)3-7)11(17)15-9-4-10(16)14-5-9/h1-3,9H,4-5H2,(H,14,16)(H,15,17). The van der Waals surface area contributed by atoms with Crippen molar-refractivity contribution in [3.8, 4) is 0 Å². The van der Waals surface area contributed by atoms with Crippen LogP contribution in [0.1, 0.15) is 16.8 Å². The van der Waals surface area contributed by atoms with Crippen molar-refractivity contribution < 1.29 is 9.59 Å². The van der Waals surface area contributed by atoms with Crippen LogP contribution < -0.4 is 10.6 Å². The Kier molecular flexibility index (Phi) is 3.69. The van der Waals surface area contributed by atoms with Crippen LogP contribution in [0.25, 0.3) is 0 Å². The van der Waals surface area contributed by atoms with Crippen LogP contribution in [0.4, 0.5) is 0 Å². The minimum Gasteiger partial charge on any atom is -0.354 e. The Labute approximate surface area is 112 Å². The Bertz CT molecular complexity index is 458. The maximum atomic E-state index is 11.9. The van der Waals surface area contributed by atoms with Crippen molar-refractivity contribution in [2.24, 2.45) is 0 Å². The summed E-state index contributed by atoms with van der Waals surface area (Å²) in [4.78, 5) is 22.9. The number of benzene rings is 1. The first kappa shape index (κ1) is 12.4. The summed E-state index contributed by atoms with van der Waals surface area (Å²) >= 11 is 9.13. The molecular weight excluding hydrogens is 307 g/mol. The van der Waals surface area contributed by atoms with Crippen LogP contribution in [0.3, 0.4) is 0 Å². The molecule has 1 heterocycles. The highest BCUT2D eigenvalue weighted by molar-refractivity contribution is 9.10. The van der Waals surface area contributed by atoms with E-state index in [-0.39, 0.29) is 17.9 Å². The van der Waals surface area contributed by atoms with Gasteiger partial charge in [0.05, 0.1) is 6.04 Å². The molecule has 4 nitrogen and oxygen atoms in total. The van der Waals surface area contributed by atoms with Gasteiger partial charge in [-0.15, -0.1) is 0 Å². The molecule has 2 N–H and O–H groups in total. The predicted molar refractivity (Wildman–Crippen MR) is 68.0 cm³/mol. The lowest BCUT2D eigenvalue weighted by Crippen LogP contribution is -2.36. The fourth-order valence-electron chi connectivity index (χ4n) is 1.66. The van der Waals surface area contributed by atoms with E-state index < -0.39 is 0 Å². The molecule has 0 saturated carbocycles. The van der Waals surface area contributed by atoms with E-state index in [1.54, 1.807) is 18.2 Å². The zero-order valence-electron chi connectivity index (χ0n) is 8.80. The second-order valence-electron chi connectivity index (χ2n) is 3.84. The molecular formula is C11H10BrClN2O2. The highest BCUT2D eigenvalue weighted by atomic mass is 79.9. The lowest BCUT2D eigenvalue weighted by Gasteiger charge is -2.10. The van der Waals surface area contributed by atoms with Crippen LogP contribution >= 0.6 is 27.5 Å². The summed E-state index contributed by atoms with van der Waals surface area (Å²) in [5.74, 6) is -0.266. The first-order valence-electron chi connectivity index (χ1n) is 5.08. The number of carbonyl (C=O) groups is 2. The fraction of sp³-hybridized carbons (Fsp3) is 0.273. The molecule has 1 saturated heterocycles. The molecule has 1 fully saturated rings. The van der Waals surface area contributed by atoms with Gasteiger partial charge < -0.3 is 10.6 Å². The van der Waals surface area contributed by atoms with E-state index in [9.17, 15) is 9.59 Å². The molecule has 1 atom stereocenters. The van der Waals surface area contributed by atoms with E-state index in [1.165, 1.54) is 0 Å². The molecule has 1 aromatic carbocycles. The third-order valence-electron chi connectivity index (χ3n) is 2.44. The summed E-state index contributed by atoms with van der Waals surface area (Å²) < 4.78 is 0.746. The van der Waals surface area contributed by atoms with Gasteiger partial charge in [-0.1, -0.05) is 27.5 Å². The van der Waals surface area contributed by atoms with E-state index in [2.05, 4.69) is 26.6 Å². The molecule has 2 amide bonds. The largest absolute Gasteiger partial charge is 0.354 e. The van der Waals surface area contributed by atoms with Gasteiger partial charge in [-0.2, -0.15) is 0 Å². The SMILES string of the molecule is O=C1CC(NC(=O)c2cc(Cl)cc(Br)c2)CN1. The van der Waals surface area contributed by atoms with Gasteiger partial charge in [-0.05, 0) is 18.2 Å². The van der Waals surface area contributed by atoms with E-state index in [4.69, 9.17) is 11.6 Å². The third kappa shape index (κ3) is 3.20. The molecule has 90 valence electrons. The maximum absolute atomic E-state index is 11.9. The van der Waals surface area contributed by atoms with Crippen LogP contribution in [0, 0.1) is 0 Å². The maximum Gasteiger partial charge on any atom is 0.251 e. The molecule has 1 aliphatic heterocycles. The molecule has 6 heteroatoms. The second kappa shape index (κ2) is 5.06. The molecule has 17 heavy (non-hydrogen) atoms. The zero-order valence-corrected chi connectivity index (χ0v) is 11.1. The van der Waals surface area contributed by atoms with Crippen molar-refractivity contribution in [1.82, 2.24) is 10.6 Å². The molecule has 2 rings (SSSR count). The van der Waals surface area contributed by atoms with Crippen LogP contribution in [-0.2, 0) is 4.79 Å². The molecule has 1 unspecified atom stereocenters. The molecule has 0 spiro atoms. The Morgan fingerprint density at radius 2 is 2.24 bits per heavy atom. The van der Waals surface area contributed by atoms with Gasteiger partial charge >= 0.3 is 0 Å². The van der Waals surface area contributed by atoms with Crippen molar-refractivity contribution in [2.75, 3.05) is 6.54 Å². The van der Waals surface area contributed by atoms with Gasteiger partial charge in [0.15, 0.2) is 0 Å². The summed E-state index contributed by atoms with van der Waals surface area (Å²) in [5.41, 5.74) is 0.476. The summed E-state index contributed by atoms with van der Waals surface area (Å²) in [6.45, 7) is 0.478. The van der Waals surface area contributed by atoms with E-state index in [0.717, 1.165) is 4.47 Å². The molecule has 0 bridgehead atoms. The van der Waals surface area contributed by atoms with Crippen LogP contribution in [0.2, 0.25) is 5.02 Å². The lowest BCUT2D eigenvalue weighted by atomic mass is 10.2. The summed E-state index contributed by atoms with van der Waals surface area (Å²) in [7, 11) is 0. The van der Waals surface area contributed by atoms with Crippen molar-refractivity contribution in [3.05, 3.63) is 33.3 Å². The number of nitrogens with one attached hydrogen (secondary N) is 2. The van der Waals surface area contributed by atoms with Gasteiger partial charge in [0.25, 0.3) is 5.91 Å². The Morgan fingerprint density at radius 3 is 2.82 bits per heavy atom. The number of hydrogen-bond donors (Lipinski definition) is 2. The van der Waals surface area contributed by atoms with E-state index in [0.29, 0.717) is 23.6 Å². The van der Waals surface area contributed by atoms with Gasteiger partial charge in [0.1, 0.15) is 0 Å². The second-order valence-corrected chi connectivity index (χ2v) is 5.19. The van der Waals surface area contributed by atoms with Crippen molar-refractivity contribution in [1.29, 1.82) is 0 Å². The minimum absolute atomic E-state index is 0.0393. The Hall–Kier alpha value is -1.07. The van der Waals surface area contributed by atoms with Crippen LogP contribution in [-0.4, -0.2) is 24.4 Å². The summed E-state index contributed by atoms with van der Waals surface area (Å²) in [6, 6.07) is 4.84. The smallest absolute Gasteiger partial charge is 0.251 e. The molecule has 0 radical (unpaired) electrons. The summed E-state index contributed by atoms with van der Waals surface area (Å²) in [6.07, 6.45) is 0.327. The van der Waals surface area contributed by atoms with Crippen LogP contribution in [0.5, 0.6) is 0 Å². The van der Waals surface area contributed by atoms with Gasteiger partial charge in [-0.25, -0.2) is 0 Å². The molecule has 1 aliphatic rings. The average Bonchev–Trinajstić information content (AvgIpc) is 2.62. The van der Waals surface area contributed by atoms with Crippen LogP contribution in [0.15, 0.2) is 22.7 Å². The van der Waals surface area contributed by atoms with E-state index in [1.807, 2.05) is 0 Å². The Balaban J connectivity index is 2.06. The normalized spacial score (nSPS) is 18.9. The van der Waals surface area contributed by atoms with E-state index >= 15 is 0 Å². The number of amides is 2. The average molecular weight is 318 g/mol. The van der Waals surface area contributed by atoms with Gasteiger partial charge in [0, 0.05) is 28.0 Å². The quantitative estimate of drug-likeness (QED) is 0.872. The number of hydrogen-bond acceptors (Lipinski definition) is 2. The monoisotopic (exact) mass is 316 g/mol. The Morgan fingerprint density at radius 1 is 1.47 bits per heavy atom. The number of rotatable bonds is 2. The van der Waals surface area contributed by atoms with Crippen molar-refractivity contribution in [3.63, 3.8) is 0 Å². The zero-order chi connectivity index (χ0) is 12.4. The van der Waals surface area contributed by atoms with Gasteiger partial charge in [0.2, 0.25) is 5.91 Å². The predicted octanol–water partition coefficient (Wildman–Crippen LogP) is 1.72. The topological polar surface area (TPSA) is 58.2 Å². The molecule has 1 aromatic rings. The number of carbonyl (C=O) groups excluding carboxylic acids is 2. The van der Waals surface area contributed by atoms with Crippen molar-refractivity contribution in [2.45, 2.75) is 12.5 Å². The minimum atomic E-state index is -0.227. The first-order valence-corrected chi connectivity index (χ1v) is 6.25.